The predicted octanol–water partition coefficient (Wildman–Crippen LogP) is 0.435. The Morgan fingerprint density at radius 2 is 2.36 bits per heavy atom. The molecule has 112 valence electrons. The van der Waals surface area contributed by atoms with Crippen LogP contribution in [0.15, 0.2) is 24.4 Å². The van der Waals surface area contributed by atoms with Crippen molar-refractivity contribution in [1.29, 1.82) is 0 Å². The fraction of sp³-hybridized carbons (Fsp3) is 0.333. The molecule has 1 aliphatic heterocycles. The fourth-order valence-electron chi connectivity index (χ4n) is 3.22. The molecule has 2 aromatic rings. The van der Waals surface area contributed by atoms with Gasteiger partial charge in [-0.25, -0.2) is 0 Å². The minimum atomic E-state index is -0.877. The van der Waals surface area contributed by atoms with Crippen molar-refractivity contribution in [3.8, 4) is 0 Å². The molecule has 0 bridgehead atoms. The quantitative estimate of drug-likeness (QED) is 0.702. The van der Waals surface area contributed by atoms with Crippen LogP contribution in [-0.4, -0.2) is 28.2 Å². The molecule has 2 aliphatic rings. The van der Waals surface area contributed by atoms with Crippen LogP contribution in [0.5, 0.6) is 0 Å². The van der Waals surface area contributed by atoms with Gasteiger partial charge in [0.25, 0.3) is 5.91 Å². The monoisotopic (exact) mass is 297 g/mol. The van der Waals surface area contributed by atoms with Crippen molar-refractivity contribution in [2.24, 2.45) is 0 Å². The van der Waals surface area contributed by atoms with Gasteiger partial charge in [0.05, 0.1) is 24.5 Å². The first kappa shape index (κ1) is 13.5. The smallest absolute Gasteiger partial charge is 0.423 e. The summed E-state index contributed by atoms with van der Waals surface area (Å²) in [7, 11) is -0.877. The zero-order chi connectivity index (χ0) is 15.1. The largest absolute Gasteiger partial charge is 0.491 e. The van der Waals surface area contributed by atoms with Crippen molar-refractivity contribution in [1.82, 2.24) is 15.5 Å². The number of hydrogen-bond donors (Lipinski definition) is 3. The Kier molecular flexibility index (Phi) is 3.24. The van der Waals surface area contributed by atoms with Crippen molar-refractivity contribution >= 4 is 18.5 Å². The summed E-state index contributed by atoms with van der Waals surface area (Å²) in [6.45, 7) is 0.339. The van der Waals surface area contributed by atoms with E-state index in [9.17, 15) is 9.82 Å². The Labute approximate surface area is 128 Å². The Morgan fingerprint density at radius 1 is 1.45 bits per heavy atom. The molecule has 0 saturated heterocycles. The number of fused-ring (bicyclic) bond motifs is 2. The van der Waals surface area contributed by atoms with E-state index in [4.69, 9.17) is 4.65 Å². The van der Waals surface area contributed by atoms with Gasteiger partial charge in [0.1, 0.15) is 0 Å². The van der Waals surface area contributed by atoms with Crippen LogP contribution >= 0.6 is 0 Å². The highest BCUT2D eigenvalue weighted by molar-refractivity contribution is 6.61. The molecule has 7 heteroatoms. The molecule has 3 N–H and O–H groups in total. The van der Waals surface area contributed by atoms with Crippen LogP contribution in [0.25, 0.3) is 0 Å². The summed E-state index contributed by atoms with van der Waals surface area (Å²) in [6, 6.07) is 5.25. The van der Waals surface area contributed by atoms with Crippen molar-refractivity contribution in [3.63, 3.8) is 0 Å². The van der Waals surface area contributed by atoms with E-state index in [1.54, 1.807) is 18.2 Å². The number of H-pyrrole nitrogens is 1. The van der Waals surface area contributed by atoms with E-state index in [-0.39, 0.29) is 11.9 Å². The lowest BCUT2D eigenvalue weighted by Gasteiger charge is -2.23. The molecule has 1 unspecified atom stereocenters. The average molecular weight is 297 g/mol. The first-order chi connectivity index (χ1) is 10.7. The molecule has 1 aromatic heterocycles. The van der Waals surface area contributed by atoms with Crippen LogP contribution in [0.2, 0.25) is 0 Å². The number of rotatable bonds is 2. The molecule has 0 radical (unpaired) electrons. The van der Waals surface area contributed by atoms with Crippen LogP contribution < -0.4 is 10.8 Å². The maximum Gasteiger partial charge on any atom is 0.491 e. The number of aryl methyl sites for hydroxylation is 1. The van der Waals surface area contributed by atoms with Gasteiger partial charge in [-0.05, 0) is 48.0 Å². The highest BCUT2D eigenvalue weighted by Crippen LogP contribution is 2.27. The van der Waals surface area contributed by atoms with Gasteiger partial charge in [-0.2, -0.15) is 5.10 Å². The highest BCUT2D eigenvalue weighted by Gasteiger charge is 2.28. The van der Waals surface area contributed by atoms with Crippen LogP contribution in [0, 0.1) is 0 Å². The number of amides is 1. The second kappa shape index (κ2) is 5.26. The van der Waals surface area contributed by atoms with Gasteiger partial charge in [0.2, 0.25) is 0 Å². The van der Waals surface area contributed by atoms with E-state index in [1.165, 1.54) is 5.56 Å². The van der Waals surface area contributed by atoms with Crippen LogP contribution in [0.1, 0.15) is 46.1 Å². The molecule has 22 heavy (non-hydrogen) atoms. The number of aromatic nitrogens is 2. The highest BCUT2D eigenvalue weighted by atomic mass is 16.5. The fourth-order valence-corrected chi connectivity index (χ4v) is 3.22. The summed E-state index contributed by atoms with van der Waals surface area (Å²) in [5.74, 6) is -0.114. The number of nitrogens with zero attached hydrogens (tertiary/aromatic N) is 1. The number of nitrogens with one attached hydrogen (secondary N) is 2. The SMILES string of the molecule is O=C(NC1CCCc2cn[nH]c21)c1ccc2c(c1)COB2O. The lowest BCUT2D eigenvalue weighted by molar-refractivity contribution is 0.0931. The number of aromatic amines is 1. The second-order valence-electron chi connectivity index (χ2n) is 5.80. The maximum absolute atomic E-state index is 12.5. The molecule has 6 nitrogen and oxygen atoms in total. The molecule has 1 aliphatic carbocycles. The van der Waals surface area contributed by atoms with Crippen molar-refractivity contribution in [2.45, 2.75) is 31.9 Å². The van der Waals surface area contributed by atoms with Gasteiger partial charge in [-0.15, -0.1) is 0 Å². The molecule has 1 atom stereocenters. The maximum atomic E-state index is 12.5. The van der Waals surface area contributed by atoms with Crippen LogP contribution in [0.4, 0.5) is 0 Å². The molecule has 2 heterocycles. The average Bonchev–Trinajstić information content (AvgIpc) is 3.14. The third kappa shape index (κ3) is 2.22. The minimum absolute atomic E-state index is 0.0196. The van der Waals surface area contributed by atoms with E-state index < -0.39 is 7.12 Å². The molecule has 1 amide bonds. The molecule has 0 fully saturated rings. The Morgan fingerprint density at radius 3 is 3.27 bits per heavy atom. The first-order valence-electron chi connectivity index (χ1n) is 7.48. The summed E-state index contributed by atoms with van der Waals surface area (Å²) in [5.41, 5.74) is 4.39. The number of hydrogen-bond acceptors (Lipinski definition) is 4. The third-order valence-electron chi connectivity index (χ3n) is 4.41. The van der Waals surface area contributed by atoms with Gasteiger partial charge in [-0.3, -0.25) is 9.89 Å². The molecular weight excluding hydrogens is 281 g/mol. The standard InChI is InChI=1S/C15H16BN3O3/c20-15(9-4-5-12-11(6-9)8-22-16(12)21)18-13-3-1-2-10-7-17-19-14(10)13/h4-7,13,21H,1-3,8H2,(H,17,19)(H,18,20). The van der Waals surface area contributed by atoms with E-state index in [2.05, 4.69) is 15.5 Å². The minimum Gasteiger partial charge on any atom is -0.423 e. The van der Waals surface area contributed by atoms with E-state index in [0.29, 0.717) is 12.2 Å². The number of carbonyl (C=O) groups excluding carboxylic acids is 1. The Hall–Kier alpha value is -2.12. The van der Waals surface area contributed by atoms with E-state index in [1.807, 2.05) is 6.20 Å². The van der Waals surface area contributed by atoms with Crippen molar-refractivity contribution < 1.29 is 14.5 Å². The van der Waals surface area contributed by atoms with E-state index >= 15 is 0 Å². The van der Waals surface area contributed by atoms with Gasteiger partial charge < -0.3 is 15.0 Å². The Balaban J connectivity index is 1.54. The van der Waals surface area contributed by atoms with Gasteiger partial charge in [-0.1, -0.05) is 6.07 Å². The number of benzene rings is 1. The molecule has 4 rings (SSSR count). The van der Waals surface area contributed by atoms with Gasteiger partial charge >= 0.3 is 7.12 Å². The van der Waals surface area contributed by atoms with E-state index in [0.717, 1.165) is 36.0 Å². The van der Waals surface area contributed by atoms with Gasteiger partial charge in [0, 0.05) is 5.56 Å². The molecular formula is C15H16BN3O3. The molecule has 0 saturated carbocycles. The molecule has 0 spiro atoms. The summed E-state index contributed by atoms with van der Waals surface area (Å²) < 4.78 is 5.15. The predicted molar refractivity (Wildman–Crippen MR) is 80.6 cm³/mol. The van der Waals surface area contributed by atoms with Crippen LogP contribution in [-0.2, 0) is 17.7 Å². The zero-order valence-corrected chi connectivity index (χ0v) is 12.0. The van der Waals surface area contributed by atoms with Gasteiger partial charge in [0.15, 0.2) is 0 Å². The normalized spacial score (nSPS) is 19.7. The summed E-state index contributed by atoms with van der Waals surface area (Å²) in [6.07, 6.45) is 4.80. The van der Waals surface area contributed by atoms with Crippen molar-refractivity contribution in [3.05, 3.63) is 46.8 Å². The third-order valence-corrected chi connectivity index (χ3v) is 4.41. The topological polar surface area (TPSA) is 87.2 Å². The second-order valence-corrected chi connectivity index (χ2v) is 5.80. The zero-order valence-electron chi connectivity index (χ0n) is 12.0. The van der Waals surface area contributed by atoms with Crippen LogP contribution in [0.3, 0.4) is 0 Å². The summed E-state index contributed by atoms with van der Waals surface area (Å²) >= 11 is 0. The Bertz CT molecular complexity index is 731. The summed E-state index contributed by atoms with van der Waals surface area (Å²) in [4.78, 5) is 12.5. The molecule has 1 aromatic carbocycles. The number of carbonyl (C=O) groups is 1. The lowest BCUT2D eigenvalue weighted by atomic mass is 9.79. The van der Waals surface area contributed by atoms with Crippen molar-refractivity contribution in [2.75, 3.05) is 0 Å². The summed E-state index contributed by atoms with van der Waals surface area (Å²) in [5, 5.41) is 19.8. The first-order valence-corrected chi connectivity index (χ1v) is 7.48. The lowest BCUT2D eigenvalue weighted by Crippen LogP contribution is -2.32.